The van der Waals surface area contributed by atoms with Gasteiger partial charge in [0.1, 0.15) is 10.8 Å². The largest absolute Gasteiger partial charge is 0.508 e. The van der Waals surface area contributed by atoms with Gasteiger partial charge in [0, 0.05) is 10.7 Å². The number of hydrogen-bond donors (Lipinski definition) is 1. The molecule has 1 N–H and O–H groups in total. The fourth-order valence-corrected chi connectivity index (χ4v) is 3.05. The molecule has 0 aliphatic rings. The van der Waals surface area contributed by atoms with E-state index in [4.69, 9.17) is 11.6 Å². The molecule has 0 atom stereocenters. The Hall–Kier alpha value is -1.64. The summed E-state index contributed by atoms with van der Waals surface area (Å²) in [7, 11) is 0. The molecule has 0 bridgehead atoms. The van der Waals surface area contributed by atoms with Gasteiger partial charge >= 0.3 is 0 Å². The molecule has 106 valence electrons. The molecular weight excluding hydrogens is 378 g/mol. The molecule has 0 unspecified atom stereocenters. The van der Waals surface area contributed by atoms with E-state index in [1.807, 2.05) is 0 Å². The Balaban J connectivity index is 1.94. The van der Waals surface area contributed by atoms with Crippen LogP contribution in [0, 0.1) is 0 Å². The standard InChI is InChI=1S/C12H7BrClN5OS/c13-7-5-10(14)11(15-6-7)21-12-16-17-18-19(12)8-1-3-9(20)4-2-8/h1-6,20H. The summed E-state index contributed by atoms with van der Waals surface area (Å²) in [5.74, 6) is 0.179. The lowest BCUT2D eigenvalue weighted by Gasteiger charge is -2.05. The maximum Gasteiger partial charge on any atom is 0.220 e. The number of nitrogens with zero attached hydrogens (tertiary/aromatic N) is 5. The van der Waals surface area contributed by atoms with Gasteiger partial charge in [-0.15, -0.1) is 5.10 Å². The number of halogens is 2. The van der Waals surface area contributed by atoms with Gasteiger partial charge in [0.2, 0.25) is 5.16 Å². The summed E-state index contributed by atoms with van der Waals surface area (Å²) in [6.07, 6.45) is 1.66. The summed E-state index contributed by atoms with van der Waals surface area (Å²) in [6.45, 7) is 0. The third kappa shape index (κ3) is 3.17. The second-order valence-corrected chi connectivity index (χ2v) is 6.21. The van der Waals surface area contributed by atoms with Crippen molar-refractivity contribution in [2.75, 3.05) is 0 Å². The second kappa shape index (κ2) is 6.00. The van der Waals surface area contributed by atoms with Crippen LogP contribution in [0.15, 0.2) is 51.2 Å². The average Bonchev–Trinajstić information content (AvgIpc) is 2.91. The van der Waals surface area contributed by atoms with Gasteiger partial charge in [-0.05, 0) is 68.5 Å². The zero-order valence-corrected chi connectivity index (χ0v) is 13.5. The molecule has 0 saturated carbocycles. The van der Waals surface area contributed by atoms with Crippen LogP contribution in [-0.4, -0.2) is 30.3 Å². The third-order valence-electron chi connectivity index (χ3n) is 2.50. The van der Waals surface area contributed by atoms with Crippen molar-refractivity contribution in [1.82, 2.24) is 25.2 Å². The molecule has 3 rings (SSSR count). The first-order chi connectivity index (χ1) is 10.1. The lowest BCUT2D eigenvalue weighted by molar-refractivity contribution is 0.475. The molecule has 9 heteroatoms. The smallest absolute Gasteiger partial charge is 0.220 e. The summed E-state index contributed by atoms with van der Waals surface area (Å²) in [4.78, 5) is 4.24. The number of aromatic nitrogens is 5. The first-order valence-electron chi connectivity index (χ1n) is 5.70. The molecule has 0 radical (unpaired) electrons. The SMILES string of the molecule is Oc1ccc(-n2nnnc2Sc2ncc(Br)cc2Cl)cc1. The average molecular weight is 385 g/mol. The topological polar surface area (TPSA) is 76.7 Å². The van der Waals surface area contributed by atoms with Crippen molar-refractivity contribution in [2.45, 2.75) is 10.2 Å². The van der Waals surface area contributed by atoms with E-state index in [0.717, 1.165) is 10.2 Å². The molecule has 0 fully saturated rings. The van der Waals surface area contributed by atoms with Crippen molar-refractivity contribution in [2.24, 2.45) is 0 Å². The van der Waals surface area contributed by atoms with Crippen molar-refractivity contribution in [1.29, 1.82) is 0 Å². The van der Waals surface area contributed by atoms with Crippen LogP contribution in [0.3, 0.4) is 0 Å². The minimum absolute atomic E-state index is 0.179. The number of phenolic OH excluding ortho intramolecular Hbond substituents is 1. The van der Waals surface area contributed by atoms with Gasteiger partial charge in [-0.1, -0.05) is 11.6 Å². The van der Waals surface area contributed by atoms with E-state index < -0.39 is 0 Å². The minimum atomic E-state index is 0.179. The summed E-state index contributed by atoms with van der Waals surface area (Å²) in [5.41, 5.74) is 0.730. The van der Waals surface area contributed by atoms with E-state index in [1.54, 1.807) is 41.2 Å². The molecular formula is C12H7BrClN5OS. The second-order valence-electron chi connectivity index (χ2n) is 3.93. The van der Waals surface area contributed by atoms with E-state index >= 15 is 0 Å². The number of pyridine rings is 1. The lowest BCUT2D eigenvalue weighted by Crippen LogP contribution is -1.98. The molecule has 21 heavy (non-hydrogen) atoms. The summed E-state index contributed by atoms with van der Waals surface area (Å²) < 4.78 is 2.35. The maximum atomic E-state index is 9.32. The zero-order chi connectivity index (χ0) is 14.8. The van der Waals surface area contributed by atoms with Crippen molar-refractivity contribution in [3.8, 4) is 11.4 Å². The molecule has 0 aliphatic carbocycles. The monoisotopic (exact) mass is 383 g/mol. The number of rotatable bonds is 3. The maximum absolute atomic E-state index is 9.32. The lowest BCUT2D eigenvalue weighted by atomic mass is 10.3. The highest BCUT2D eigenvalue weighted by Gasteiger charge is 2.13. The van der Waals surface area contributed by atoms with Gasteiger partial charge in [-0.3, -0.25) is 0 Å². The molecule has 3 aromatic rings. The van der Waals surface area contributed by atoms with E-state index in [0.29, 0.717) is 15.2 Å². The predicted molar refractivity (Wildman–Crippen MR) is 81.9 cm³/mol. The Bertz CT molecular complexity index is 780. The Kier molecular flexibility index (Phi) is 4.09. The fraction of sp³-hybridized carbons (Fsp3) is 0. The summed E-state index contributed by atoms with van der Waals surface area (Å²) in [5, 5.41) is 22.5. The third-order valence-corrected chi connectivity index (χ3v) is 4.29. The number of aromatic hydroxyl groups is 1. The highest BCUT2D eigenvalue weighted by molar-refractivity contribution is 9.10. The van der Waals surface area contributed by atoms with E-state index in [-0.39, 0.29) is 5.75 Å². The van der Waals surface area contributed by atoms with Gasteiger partial charge in [-0.25, -0.2) is 4.98 Å². The molecule has 0 aliphatic heterocycles. The van der Waals surface area contributed by atoms with E-state index in [1.165, 1.54) is 11.8 Å². The van der Waals surface area contributed by atoms with E-state index in [2.05, 4.69) is 36.4 Å². The molecule has 2 aromatic heterocycles. The highest BCUT2D eigenvalue weighted by Crippen LogP contribution is 2.32. The van der Waals surface area contributed by atoms with Crippen LogP contribution in [0.4, 0.5) is 0 Å². The van der Waals surface area contributed by atoms with Gasteiger partial charge in [-0.2, -0.15) is 4.68 Å². The highest BCUT2D eigenvalue weighted by atomic mass is 79.9. The van der Waals surface area contributed by atoms with Crippen molar-refractivity contribution in [3.05, 3.63) is 46.0 Å². The molecule has 0 amide bonds. The van der Waals surface area contributed by atoms with Crippen molar-refractivity contribution in [3.63, 3.8) is 0 Å². The number of tetrazole rings is 1. The van der Waals surface area contributed by atoms with Crippen LogP contribution < -0.4 is 0 Å². The van der Waals surface area contributed by atoms with Gasteiger partial charge in [0.05, 0.1) is 10.7 Å². The first-order valence-corrected chi connectivity index (χ1v) is 7.69. The van der Waals surface area contributed by atoms with E-state index in [9.17, 15) is 5.11 Å². The molecule has 0 saturated heterocycles. The van der Waals surface area contributed by atoms with Gasteiger partial charge in [0.15, 0.2) is 0 Å². The normalized spacial score (nSPS) is 10.8. The zero-order valence-electron chi connectivity index (χ0n) is 10.3. The Morgan fingerprint density at radius 1 is 1.24 bits per heavy atom. The fourth-order valence-electron chi connectivity index (χ4n) is 1.56. The quantitative estimate of drug-likeness (QED) is 0.746. The number of phenols is 1. The van der Waals surface area contributed by atoms with Crippen LogP contribution in [0.2, 0.25) is 5.02 Å². The molecule has 6 nitrogen and oxygen atoms in total. The summed E-state index contributed by atoms with van der Waals surface area (Å²) >= 11 is 10.7. The van der Waals surface area contributed by atoms with Crippen LogP contribution in [0.5, 0.6) is 5.75 Å². The Morgan fingerprint density at radius 3 is 2.71 bits per heavy atom. The number of benzene rings is 1. The predicted octanol–water partition coefficient (Wildman–Crippen LogP) is 3.33. The first kappa shape index (κ1) is 14.3. The Labute approximate surface area is 137 Å². The van der Waals surface area contributed by atoms with Gasteiger partial charge < -0.3 is 5.11 Å². The van der Waals surface area contributed by atoms with Crippen LogP contribution >= 0.6 is 39.3 Å². The molecule has 2 heterocycles. The number of hydrogen-bond acceptors (Lipinski definition) is 6. The Morgan fingerprint density at radius 2 is 2.00 bits per heavy atom. The van der Waals surface area contributed by atoms with Crippen LogP contribution in [0.25, 0.3) is 5.69 Å². The van der Waals surface area contributed by atoms with Gasteiger partial charge in [0.25, 0.3) is 0 Å². The molecule has 0 spiro atoms. The van der Waals surface area contributed by atoms with Crippen LogP contribution in [-0.2, 0) is 0 Å². The summed E-state index contributed by atoms with van der Waals surface area (Å²) in [6, 6.07) is 8.32. The van der Waals surface area contributed by atoms with Crippen molar-refractivity contribution < 1.29 is 5.11 Å². The van der Waals surface area contributed by atoms with Crippen molar-refractivity contribution >= 4 is 39.3 Å². The molecule has 1 aromatic carbocycles. The van der Waals surface area contributed by atoms with Crippen LogP contribution in [0.1, 0.15) is 0 Å². The minimum Gasteiger partial charge on any atom is -0.508 e.